The average molecular weight is 421 g/mol. The van der Waals surface area contributed by atoms with Gasteiger partial charge in [-0.3, -0.25) is 24.4 Å². The average Bonchev–Trinajstić information content (AvgIpc) is 3.44. The number of amides is 3. The van der Waals surface area contributed by atoms with Crippen LogP contribution in [0.2, 0.25) is 0 Å². The quantitative estimate of drug-likeness (QED) is 0.574. The summed E-state index contributed by atoms with van der Waals surface area (Å²) in [6.07, 6.45) is 5.51. The molecule has 1 atom stereocenters. The first-order chi connectivity index (χ1) is 14.4. The first-order valence-electron chi connectivity index (χ1n) is 10.7. The van der Waals surface area contributed by atoms with Crippen molar-refractivity contribution in [2.45, 2.75) is 61.3 Å². The Hall–Kier alpha value is -2.70. The van der Waals surface area contributed by atoms with Gasteiger partial charge in [0.2, 0.25) is 11.8 Å². The molecule has 170 valence electrons. The third-order valence-electron chi connectivity index (χ3n) is 4.28. The van der Waals surface area contributed by atoms with Crippen molar-refractivity contribution in [2.75, 3.05) is 13.1 Å². The number of imide groups is 1. The van der Waals surface area contributed by atoms with Gasteiger partial charge in [-0.15, -0.1) is 6.58 Å². The number of rotatable bonds is 2. The number of carbonyl (C=O) groups is 3. The second-order valence-corrected chi connectivity index (χ2v) is 5.99. The van der Waals surface area contributed by atoms with Gasteiger partial charge in [0.1, 0.15) is 0 Å². The first kappa shape index (κ1) is 29.5. The molecule has 7 heteroatoms. The molecule has 0 aliphatic carbocycles. The molecule has 1 spiro atoms. The Labute approximate surface area is 182 Å². The third kappa shape index (κ3) is 6.97. The molecule has 1 aromatic rings. The molecule has 2 saturated heterocycles. The number of nitrogens with zero attached hydrogens (tertiary/aromatic N) is 3. The Morgan fingerprint density at radius 2 is 1.70 bits per heavy atom. The SMILES string of the molecule is C=CC.C=Cc1c(C(=O)N2CCC3(CC(=O)NC3=O)C2)cnn1C.CC.CC.CC. The summed E-state index contributed by atoms with van der Waals surface area (Å²) in [4.78, 5) is 37.5. The minimum Gasteiger partial charge on any atom is -0.337 e. The van der Waals surface area contributed by atoms with Gasteiger partial charge in [-0.05, 0) is 19.4 Å². The highest BCUT2D eigenvalue weighted by Gasteiger charge is 2.52. The molecule has 2 aliphatic rings. The van der Waals surface area contributed by atoms with E-state index in [2.05, 4.69) is 23.6 Å². The molecule has 1 aromatic heterocycles. The number of aryl methyl sites for hydroxylation is 1. The van der Waals surface area contributed by atoms with Crippen LogP contribution in [0.15, 0.2) is 25.4 Å². The Morgan fingerprint density at radius 3 is 2.13 bits per heavy atom. The van der Waals surface area contributed by atoms with Crippen molar-refractivity contribution in [2.24, 2.45) is 12.5 Å². The highest BCUT2D eigenvalue weighted by atomic mass is 16.2. The summed E-state index contributed by atoms with van der Waals surface area (Å²) in [7, 11) is 1.74. The van der Waals surface area contributed by atoms with Gasteiger partial charge in [0, 0.05) is 26.6 Å². The number of carbonyl (C=O) groups excluding carboxylic acids is 3. The fourth-order valence-corrected chi connectivity index (χ4v) is 3.09. The van der Waals surface area contributed by atoms with Gasteiger partial charge in [-0.1, -0.05) is 54.2 Å². The van der Waals surface area contributed by atoms with E-state index >= 15 is 0 Å². The second-order valence-electron chi connectivity index (χ2n) is 5.99. The lowest BCUT2D eigenvalue weighted by Crippen LogP contribution is -2.36. The summed E-state index contributed by atoms with van der Waals surface area (Å²) >= 11 is 0. The lowest BCUT2D eigenvalue weighted by atomic mass is 9.85. The number of nitrogens with one attached hydrogen (secondary N) is 1. The standard InChI is InChI=1S/C14H16N4O3.C3H6.3C2H6/c1-3-10-9(7-15-17(10)2)12(20)18-5-4-14(8-18)6-11(19)16-13(14)21;1-3-2;3*1-2/h3,7H,1,4-6,8H2,2H3,(H,16,19,21);3H,1H2,2H3;3*1-2H3. The van der Waals surface area contributed by atoms with E-state index in [1.807, 2.05) is 48.5 Å². The van der Waals surface area contributed by atoms with Crippen LogP contribution >= 0.6 is 0 Å². The van der Waals surface area contributed by atoms with E-state index in [1.54, 1.807) is 28.8 Å². The van der Waals surface area contributed by atoms with Gasteiger partial charge in [-0.2, -0.15) is 5.10 Å². The molecule has 1 N–H and O–H groups in total. The van der Waals surface area contributed by atoms with Gasteiger partial charge >= 0.3 is 0 Å². The van der Waals surface area contributed by atoms with Crippen LogP contribution in [0.3, 0.4) is 0 Å². The maximum Gasteiger partial charge on any atom is 0.257 e. The summed E-state index contributed by atoms with van der Waals surface area (Å²) in [5.74, 6) is -0.706. The number of hydrogen-bond acceptors (Lipinski definition) is 4. The van der Waals surface area contributed by atoms with Crippen LogP contribution in [0.1, 0.15) is 77.4 Å². The van der Waals surface area contributed by atoms with Gasteiger partial charge in [0.15, 0.2) is 0 Å². The molecular weight excluding hydrogens is 380 g/mol. The van der Waals surface area contributed by atoms with Crippen LogP contribution in [0.25, 0.3) is 6.08 Å². The van der Waals surface area contributed by atoms with E-state index in [-0.39, 0.29) is 30.7 Å². The van der Waals surface area contributed by atoms with Crippen LogP contribution in [0.4, 0.5) is 0 Å². The zero-order chi connectivity index (χ0) is 23.9. The summed E-state index contributed by atoms with van der Waals surface area (Å²) < 4.78 is 1.58. The Bertz CT molecular complexity index is 709. The van der Waals surface area contributed by atoms with Gasteiger partial charge in [-0.25, -0.2) is 0 Å². The molecule has 0 bridgehead atoms. The van der Waals surface area contributed by atoms with Crippen molar-refractivity contribution >= 4 is 23.8 Å². The van der Waals surface area contributed by atoms with Gasteiger partial charge in [0.05, 0.1) is 22.9 Å². The van der Waals surface area contributed by atoms with Crippen LogP contribution in [-0.2, 0) is 16.6 Å². The topological polar surface area (TPSA) is 84.3 Å². The smallest absolute Gasteiger partial charge is 0.257 e. The fourth-order valence-electron chi connectivity index (χ4n) is 3.09. The third-order valence-corrected chi connectivity index (χ3v) is 4.28. The lowest BCUT2D eigenvalue weighted by Gasteiger charge is -2.20. The summed E-state index contributed by atoms with van der Waals surface area (Å²) in [6, 6.07) is 0. The molecule has 0 saturated carbocycles. The molecule has 1 unspecified atom stereocenters. The van der Waals surface area contributed by atoms with Crippen molar-refractivity contribution in [3.63, 3.8) is 0 Å². The number of hydrogen-bond donors (Lipinski definition) is 1. The summed E-state index contributed by atoms with van der Waals surface area (Å²) in [5, 5.41) is 6.39. The van der Waals surface area contributed by atoms with Crippen LogP contribution in [0.5, 0.6) is 0 Å². The van der Waals surface area contributed by atoms with E-state index in [1.165, 1.54) is 6.20 Å². The summed E-state index contributed by atoms with van der Waals surface area (Å²) in [6.45, 7) is 21.7. The lowest BCUT2D eigenvalue weighted by molar-refractivity contribution is -0.128. The number of aromatic nitrogens is 2. The highest BCUT2D eigenvalue weighted by Crippen LogP contribution is 2.38. The molecule has 2 aliphatic heterocycles. The van der Waals surface area contributed by atoms with Crippen molar-refractivity contribution < 1.29 is 14.4 Å². The first-order valence-corrected chi connectivity index (χ1v) is 10.7. The minimum absolute atomic E-state index is 0.164. The number of allylic oxidation sites excluding steroid dienone is 1. The Morgan fingerprint density at radius 1 is 1.17 bits per heavy atom. The zero-order valence-electron chi connectivity index (χ0n) is 20.0. The van der Waals surface area contributed by atoms with Crippen molar-refractivity contribution in [3.8, 4) is 0 Å². The number of likely N-dealkylation sites (tertiary alicyclic amines) is 1. The molecule has 0 aromatic carbocycles. The maximum atomic E-state index is 12.6. The summed E-state index contributed by atoms with van der Waals surface area (Å²) in [5.41, 5.74) is 0.366. The predicted molar refractivity (Wildman–Crippen MR) is 124 cm³/mol. The van der Waals surface area contributed by atoms with E-state index in [9.17, 15) is 14.4 Å². The van der Waals surface area contributed by atoms with Crippen molar-refractivity contribution in [1.29, 1.82) is 0 Å². The van der Waals surface area contributed by atoms with E-state index in [0.717, 1.165) is 0 Å². The van der Waals surface area contributed by atoms with Gasteiger partial charge < -0.3 is 4.90 Å². The van der Waals surface area contributed by atoms with Crippen LogP contribution < -0.4 is 5.32 Å². The Kier molecular flexibility index (Phi) is 14.9. The molecule has 30 heavy (non-hydrogen) atoms. The highest BCUT2D eigenvalue weighted by molar-refractivity contribution is 6.07. The van der Waals surface area contributed by atoms with Gasteiger partial charge in [0.25, 0.3) is 5.91 Å². The van der Waals surface area contributed by atoms with Crippen LogP contribution in [-0.4, -0.2) is 45.5 Å². The molecule has 2 fully saturated rings. The second kappa shape index (κ2) is 15.2. The van der Waals surface area contributed by atoms with Crippen molar-refractivity contribution in [3.05, 3.63) is 36.7 Å². The molecular formula is C23H40N4O3. The fraction of sp³-hybridized carbons (Fsp3) is 0.565. The molecule has 3 heterocycles. The van der Waals surface area contributed by atoms with Crippen LogP contribution in [0, 0.1) is 5.41 Å². The van der Waals surface area contributed by atoms with E-state index in [0.29, 0.717) is 24.2 Å². The monoisotopic (exact) mass is 420 g/mol. The maximum absolute atomic E-state index is 12.6. The molecule has 3 amide bonds. The van der Waals surface area contributed by atoms with Crippen molar-refractivity contribution in [1.82, 2.24) is 20.0 Å². The predicted octanol–water partition coefficient (Wildman–Crippen LogP) is 4.21. The minimum atomic E-state index is -0.747. The molecule has 3 rings (SSSR count). The Balaban J connectivity index is 0. The zero-order valence-corrected chi connectivity index (χ0v) is 20.0. The molecule has 7 nitrogen and oxygen atoms in total. The van der Waals surface area contributed by atoms with E-state index < -0.39 is 5.41 Å². The molecule has 0 radical (unpaired) electrons. The van der Waals surface area contributed by atoms with E-state index in [4.69, 9.17) is 0 Å². The normalized spacial score (nSPS) is 18.3. The largest absolute Gasteiger partial charge is 0.337 e.